The molecule has 1 unspecified atom stereocenters. The van der Waals surface area contributed by atoms with Crippen molar-refractivity contribution in [3.63, 3.8) is 0 Å². The SMILES string of the molecule is CNCC1CCCN(S(=O)(=O)Nc2cccc(Br)c2C)C1. The van der Waals surface area contributed by atoms with Gasteiger partial charge in [-0.2, -0.15) is 12.7 Å². The molecule has 2 N–H and O–H groups in total. The molecule has 0 radical (unpaired) electrons. The molecule has 0 aromatic heterocycles. The lowest BCUT2D eigenvalue weighted by Crippen LogP contribution is -2.44. The first-order chi connectivity index (χ1) is 9.94. The van der Waals surface area contributed by atoms with Gasteiger partial charge in [-0.1, -0.05) is 22.0 Å². The lowest BCUT2D eigenvalue weighted by Gasteiger charge is -2.32. The van der Waals surface area contributed by atoms with Crippen LogP contribution in [0.5, 0.6) is 0 Å². The average Bonchev–Trinajstić information content (AvgIpc) is 2.44. The van der Waals surface area contributed by atoms with E-state index < -0.39 is 10.2 Å². The molecule has 118 valence electrons. The molecular weight excluding hydrogens is 354 g/mol. The molecule has 2 rings (SSSR count). The smallest absolute Gasteiger partial charge is 0.301 e. The molecule has 1 saturated heterocycles. The maximum atomic E-state index is 12.5. The van der Waals surface area contributed by atoms with Gasteiger partial charge in [-0.25, -0.2) is 0 Å². The number of nitrogens with zero attached hydrogens (tertiary/aromatic N) is 1. The number of hydrogen-bond donors (Lipinski definition) is 2. The third-order valence-electron chi connectivity index (χ3n) is 3.82. The Morgan fingerprint density at radius 1 is 1.43 bits per heavy atom. The van der Waals surface area contributed by atoms with Crippen LogP contribution >= 0.6 is 15.9 Å². The van der Waals surface area contributed by atoms with Crippen molar-refractivity contribution in [1.29, 1.82) is 0 Å². The summed E-state index contributed by atoms with van der Waals surface area (Å²) in [6.45, 7) is 3.90. The molecule has 0 amide bonds. The summed E-state index contributed by atoms with van der Waals surface area (Å²) in [7, 11) is -1.59. The quantitative estimate of drug-likeness (QED) is 0.829. The van der Waals surface area contributed by atoms with Gasteiger partial charge in [0.05, 0.1) is 5.69 Å². The molecule has 1 aromatic rings. The largest absolute Gasteiger partial charge is 0.319 e. The average molecular weight is 376 g/mol. The van der Waals surface area contributed by atoms with Crippen LogP contribution in [-0.4, -0.2) is 39.4 Å². The standard InChI is InChI=1S/C14H22BrN3O2S/c1-11-13(15)6-3-7-14(11)17-21(19,20)18-8-4-5-12(10-18)9-16-2/h3,6-7,12,16-17H,4-5,8-10H2,1-2H3. The predicted octanol–water partition coefficient (Wildman–Crippen LogP) is 2.35. The fourth-order valence-electron chi connectivity index (χ4n) is 2.62. The van der Waals surface area contributed by atoms with Gasteiger partial charge < -0.3 is 5.32 Å². The normalized spacial score (nSPS) is 20.4. The number of rotatable bonds is 5. The number of piperidine rings is 1. The number of halogens is 1. The predicted molar refractivity (Wildman–Crippen MR) is 89.6 cm³/mol. The highest BCUT2D eigenvalue weighted by Gasteiger charge is 2.28. The Labute approximate surface area is 135 Å². The summed E-state index contributed by atoms with van der Waals surface area (Å²) in [5, 5.41) is 3.13. The minimum Gasteiger partial charge on any atom is -0.319 e. The summed E-state index contributed by atoms with van der Waals surface area (Å²) in [5.41, 5.74) is 1.52. The van der Waals surface area contributed by atoms with Gasteiger partial charge in [0.15, 0.2) is 0 Å². The second-order valence-electron chi connectivity index (χ2n) is 5.44. The monoisotopic (exact) mass is 375 g/mol. The Hall–Kier alpha value is -0.630. The Bertz CT molecular complexity index is 590. The van der Waals surface area contributed by atoms with Crippen molar-refractivity contribution in [3.05, 3.63) is 28.2 Å². The minimum absolute atomic E-state index is 0.379. The molecule has 21 heavy (non-hydrogen) atoms. The molecule has 0 saturated carbocycles. The van der Waals surface area contributed by atoms with Crippen molar-refractivity contribution >= 4 is 31.8 Å². The molecule has 0 spiro atoms. The summed E-state index contributed by atoms with van der Waals surface area (Å²) < 4.78 is 30.3. The van der Waals surface area contributed by atoms with Crippen molar-refractivity contribution in [2.24, 2.45) is 5.92 Å². The van der Waals surface area contributed by atoms with Crippen molar-refractivity contribution < 1.29 is 8.42 Å². The zero-order valence-electron chi connectivity index (χ0n) is 12.4. The summed E-state index contributed by atoms with van der Waals surface area (Å²) >= 11 is 3.42. The molecule has 1 aliphatic rings. The summed E-state index contributed by atoms with van der Waals surface area (Å²) in [6.07, 6.45) is 1.98. The van der Waals surface area contributed by atoms with Crippen LogP contribution in [0.4, 0.5) is 5.69 Å². The van der Waals surface area contributed by atoms with Gasteiger partial charge in [-0.15, -0.1) is 0 Å². The van der Waals surface area contributed by atoms with Crippen molar-refractivity contribution in [3.8, 4) is 0 Å². The maximum Gasteiger partial charge on any atom is 0.301 e. The molecule has 0 bridgehead atoms. The van der Waals surface area contributed by atoms with E-state index in [2.05, 4.69) is 26.0 Å². The Morgan fingerprint density at radius 2 is 2.19 bits per heavy atom. The first-order valence-electron chi connectivity index (χ1n) is 7.11. The first-order valence-corrected chi connectivity index (χ1v) is 9.35. The summed E-state index contributed by atoms with van der Waals surface area (Å²) in [4.78, 5) is 0. The Balaban J connectivity index is 2.12. The highest BCUT2D eigenvalue weighted by Crippen LogP contribution is 2.26. The number of anilines is 1. The third-order valence-corrected chi connectivity index (χ3v) is 6.17. The number of benzene rings is 1. The van der Waals surface area contributed by atoms with Crippen molar-refractivity contribution in [2.45, 2.75) is 19.8 Å². The van der Waals surface area contributed by atoms with E-state index in [0.717, 1.165) is 29.4 Å². The molecular formula is C14H22BrN3O2S. The van der Waals surface area contributed by atoms with Gasteiger partial charge in [0, 0.05) is 17.6 Å². The molecule has 1 atom stereocenters. The van der Waals surface area contributed by atoms with E-state index in [1.165, 1.54) is 0 Å². The molecule has 1 fully saturated rings. The van der Waals surface area contributed by atoms with Gasteiger partial charge in [0.1, 0.15) is 0 Å². The zero-order valence-corrected chi connectivity index (χ0v) is 14.8. The highest BCUT2D eigenvalue weighted by molar-refractivity contribution is 9.10. The molecule has 7 heteroatoms. The fraction of sp³-hybridized carbons (Fsp3) is 0.571. The van der Waals surface area contributed by atoms with E-state index in [1.54, 1.807) is 10.4 Å². The first kappa shape index (κ1) is 16.7. The summed E-state index contributed by atoms with van der Waals surface area (Å²) in [5.74, 6) is 0.379. The molecule has 0 aliphatic carbocycles. The molecule has 5 nitrogen and oxygen atoms in total. The second-order valence-corrected chi connectivity index (χ2v) is 7.97. The van der Waals surface area contributed by atoms with Gasteiger partial charge in [0.2, 0.25) is 0 Å². The maximum absolute atomic E-state index is 12.5. The lowest BCUT2D eigenvalue weighted by atomic mass is 10.00. The van der Waals surface area contributed by atoms with Crippen LogP contribution in [-0.2, 0) is 10.2 Å². The van der Waals surface area contributed by atoms with Gasteiger partial charge in [-0.05, 0) is 57.0 Å². The van der Waals surface area contributed by atoms with Crippen LogP contribution in [0.2, 0.25) is 0 Å². The Kier molecular flexibility index (Phi) is 5.65. The van der Waals surface area contributed by atoms with Gasteiger partial charge >= 0.3 is 10.2 Å². The zero-order chi connectivity index (χ0) is 15.5. The van der Waals surface area contributed by atoms with Crippen LogP contribution in [0, 0.1) is 12.8 Å². The van der Waals surface area contributed by atoms with Crippen LogP contribution in [0.3, 0.4) is 0 Å². The highest BCUT2D eigenvalue weighted by atomic mass is 79.9. The topological polar surface area (TPSA) is 61.4 Å². The van der Waals surface area contributed by atoms with E-state index in [9.17, 15) is 8.42 Å². The van der Waals surface area contributed by atoms with Crippen molar-refractivity contribution in [2.75, 3.05) is 31.4 Å². The van der Waals surface area contributed by atoms with Gasteiger partial charge in [-0.3, -0.25) is 4.72 Å². The van der Waals surface area contributed by atoms with Crippen LogP contribution in [0.25, 0.3) is 0 Å². The lowest BCUT2D eigenvalue weighted by molar-refractivity contribution is 0.264. The van der Waals surface area contributed by atoms with E-state index in [0.29, 0.717) is 24.7 Å². The van der Waals surface area contributed by atoms with E-state index in [-0.39, 0.29) is 0 Å². The van der Waals surface area contributed by atoms with E-state index in [4.69, 9.17) is 0 Å². The minimum atomic E-state index is -3.49. The third kappa shape index (κ3) is 4.18. The van der Waals surface area contributed by atoms with Crippen LogP contribution in [0.15, 0.2) is 22.7 Å². The molecule has 1 heterocycles. The fourth-order valence-corrected chi connectivity index (χ4v) is 4.39. The van der Waals surface area contributed by atoms with E-state index >= 15 is 0 Å². The van der Waals surface area contributed by atoms with Crippen LogP contribution < -0.4 is 10.0 Å². The van der Waals surface area contributed by atoms with Gasteiger partial charge in [0.25, 0.3) is 0 Å². The van der Waals surface area contributed by atoms with Crippen molar-refractivity contribution in [1.82, 2.24) is 9.62 Å². The number of hydrogen-bond acceptors (Lipinski definition) is 3. The van der Waals surface area contributed by atoms with Crippen LogP contribution in [0.1, 0.15) is 18.4 Å². The second kappa shape index (κ2) is 7.09. The van der Waals surface area contributed by atoms with E-state index in [1.807, 2.05) is 26.1 Å². The molecule has 1 aliphatic heterocycles. The summed E-state index contributed by atoms with van der Waals surface area (Å²) in [6, 6.07) is 5.51. The number of nitrogens with one attached hydrogen (secondary N) is 2. The molecule has 1 aromatic carbocycles. The Morgan fingerprint density at radius 3 is 2.90 bits per heavy atom.